The minimum Gasteiger partial charge on any atom is -0.508 e. The molecule has 0 saturated carbocycles. The first-order chi connectivity index (χ1) is 11.1. The van der Waals surface area contributed by atoms with Crippen molar-refractivity contribution in [3.05, 3.63) is 94.0 Å². The van der Waals surface area contributed by atoms with Crippen LogP contribution in [0.5, 0.6) is 11.5 Å². The maximum atomic E-state index is 9.51. The number of halogens is 1. The molecular weight excluding hydrogens is 352 g/mol. The maximum Gasteiger partial charge on any atom is 0.115 e. The van der Waals surface area contributed by atoms with Crippen LogP contribution in [0, 0.1) is 0 Å². The van der Waals surface area contributed by atoms with E-state index in [-0.39, 0.29) is 11.5 Å². The summed E-state index contributed by atoms with van der Waals surface area (Å²) < 4.78 is 1.03. The Morgan fingerprint density at radius 3 is 1.52 bits per heavy atom. The van der Waals surface area contributed by atoms with Crippen molar-refractivity contribution < 1.29 is 10.2 Å². The minimum absolute atomic E-state index is 0.238. The molecule has 0 aromatic heterocycles. The highest BCUT2D eigenvalue weighted by molar-refractivity contribution is 9.10. The van der Waals surface area contributed by atoms with Crippen LogP contribution in [-0.2, 0) is 0 Å². The van der Waals surface area contributed by atoms with Gasteiger partial charge in [-0.05, 0) is 64.7 Å². The van der Waals surface area contributed by atoms with Crippen molar-refractivity contribution in [1.82, 2.24) is 0 Å². The SMILES string of the molecule is Oc1ccc(C(=Cc2ccc(Br)cc2)c2ccc(O)cc2)cc1. The summed E-state index contributed by atoms with van der Waals surface area (Å²) >= 11 is 3.44. The molecule has 0 aliphatic heterocycles. The van der Waals surface area contributed by atoms with Crippen LogP contribution in [0.15, 0.2) is 77.3 Å². The molecule has 0 bridgehead atoms. The number of phenolic OH excluding ortho intramolecular Hbond substituents is 2. The van der Waals surface area contributed by atoms with Gasteiger partial charge in [0.15, 0.2) is 0 Å². The minimum atomic E-state index is 0.238. The molecule has 0 saturated heterocycles. The van der Waals surface area contributed by atoms with Crippen LogP contribution in [0.1, 0.15) is 16.7 Å². The summed E-state index contributed by atoms with van der Waals surface area (Å²) in [6, 6.07) is 22.3. The van der Waals surface area contributed by atoms with Crippen molar-refractivity contribution >= 4 is 27.6 Å². The van der Waals surface area contributed by atoms with Crippen molar-refractivity contribution in [2.45, 2.75) is 0 Å². The smallest absolute Gasteiger partial charge is 0.115 e. The van der Waals surface area contributed by atoms with E-state index in [1.807, 2.05) is 48.5 Å². The summed E-state index contributed by atoms with van der Waals surface area (Å²) in [5, 5.41) is 19.0. The van der Waals surface area contributed by atoms with Gasteiger partial charge in [-0.15, -0.1) is 0 Å². The van der Waals surface area contributed by atoms with Gasteiger partial charge in [-0.3, -0.25) is 0 Å². The Balaban J connectivity index is 2.10. The molecule has 0 spiro atoms. The van der Waals surface area contributed by atoms with Crippen molar-refractivity contribution in [3.8, 4) is 11.5 Å². The zero-order chi connectivity index (χ0) is 16.2. The standard InChI is InChI=1S/C20H15BrO2/c21-17-7-1-14(2-8-17)13-20(15-3-9-18(22)10-4-15)16-5-11-19(23)12-6-16/h1-13,22-23H. The van der Waals surface area contributed by atoms with E-state index in [1.165, 1.54) is 0 Å². The lowest BCUT2D eigenvalue weighted by molar-refractivity contribution is 0.475. The van der Waals surface area contributed by atoms with Gasteiger partial charge in [-0.25, -0.2) is 0 Å². The summed E-state index contributed by atoms with van der Waals surface area (Å²) in [5.74, 6) is 0.477. The topological polar surface area (TPSA) is 40.5 Å². The molecule has 0 fully saturated rings. The van der Waals surface area contributed by atoms with Crippen LogP contribution in [0.25, 0.3) is 11.6 Å². The first kappa shape index (κ1) is 15.4. The molecule has 114 valence electrons. The van der Waals surface area contributed by atoms with E-state index in [0.717, 1.165) is 26.7 Å². The summed E-state index contributed by atoms with van der Waals surface area (Å²) in [5.41, 5.74) is 4.09. The largest absolute Gasteiger partial charge is 0.508 e. The van der Waals surface area contributed by atoms with Gasteiger partial charge in [0.25, 0.3) is 0 Å². The molecule has 0 heterocycles. The molecule has 3 aromatic carbocycles. The number of rotatable bonds is 3. The van der Waals surface area contributed by atoms with Crippen molar-refractivity contribution in [2.24, 2.45) is 0 Å². The van der Waals surface area contributed by atoms with E-state index in [2.05, 4.69) is 22.0 Å². The first-order valence-corrected chi connectivity index (χ1v) is 7.97. The molecule has 0 radical (unpaired) electrons. The van der Waals surface area contributed by atoms with Gasteiger partial charge in [-0.2, -0.15) is 0 Å². The van der Waals surface area contributed by atoms with Crippen molar-refractivity contribution in [1.29, 1.82) is 0 Å². The summed E-state index contributed by atoms with van der Waals surface area (Å²) in [7, 11) is 0. The lowest BCUT2D eigenvalue weighted by atomic mass is 9.95. The van der Waals surface area contributed by atoms with Crippen LogP contribution in [0.3, 0.4) is 0 Å². The molecule has 3 rings (SSSR count). The van der Waals surface area contributed by atoms with Crippen LogP contribution in [0.4, 0.5) is 0 Å². The Morgan fingerprint density at radius 1 is 0.652 bits per heavy atom. The number of aromatic hydroxyl groups is 2. The Hall–Kier alpha value is -2.52. The number of hydrogen-bond donors (Lipinski definition) is 2. The Labute approximate surface area is 143 Å². The maximum absolute atomic E-state index is 9.51. The number of benzene rings is 3. The lowest BCUT2D eigenvalue weighted by Gasteiger charge is -2.10. The van der Waals surface area contributed by atoms with Gasteiger partial charge in [0.2, 0.25) is 0 Å². The predicted molar refractivity (Wildman–Crippen MR) is 97.3 cm³/mol. The van der Waals surface area contributed by atoms with E-state index < -0.39 is 0 Å². The van der Waals surface area contributed by atoms with Crippen molar-refractivity contribution in [3.63, 3.8) is 0 Å². The fourth-order valence-electron chi connectivity index (χ4n) is 2.34. The molecular formula is C20H15BrO2. The normalized spacial score (nSPS) is 10.3. The quantitative estimate of drug-likeness (QED) is 0.605. The van der Waals surface area contributed by atoms with Gasteiger partial charge in [-0.1, -0.05) is 52.3 Å². The van der Waals surface area contributed by atoms with Gasteiger partial charge in [0.05, 0.1) is 0 Å². The zero-order valence-corrected chi connectivity index (χ0v) is 13.9. The van der Waals surface area contributed by atoms with Crippen LogP contribution >= 0.6 is 15.9 Å². The second kappa shape index (κ2) is 6.71. The fourth-order valence-corrected chi connectivity index (χ4v) is 2.61. The Morgan fingerprint density at radius 2 is 1.09 bits per heavy atom. The molecule has 3 heteroatoms. The monoisotopic (exact) mass is 366 g/mol. The molecule has 0 atom stereocenters. The van der Waals surface area contributed by atoms with Gasteiger partial charge in [0, 0.05) is 4.47 Å². The Kier molecular flexibility index (Phi) is 4.49. The Bertz CT molecular complexity index is 770. The molecule has 2 N–H and O–H groups in total. The van der Waals surface area contributed by atoms with E-state index in [0.29, 0.717) is 0 Å². The molecule has 3 aromatic rings. The number of phenols is 2. The molecule has 2 nitrogen and oxygen atoms in total. The first-order valence-electron chi connectivity index (χ1n) is 7.18. The van der Waals surface area contributed by atoms with Crippen LogP contribution < -0.4 is 0 Å². The summed E-state index contributed by atoms with van der Waals surface area (Å²) in [6.07, 6.45) is 2.09. The second-order valence-corrected chi connectivity index (χ2v) is 6.12. The van der Waals surface area contributed by atoms with Crippen LogP contribution in [0.2, 0.25) is 0 Å². The van der Waals surface area contributed by atoms with Gasteiger partial charge in [0.1, 0.15) is 11.5 Å². The molecule has 0 amide bonds. The van der Waals surface area contributed by atoms with E-state index in [4.69, 9.17) is 0 Å². The molecule has 0 aliphatic rings. The van der Waals surface area contributed by atoms with Gasteiger partial charge < -0.3 is 10.2 Å². The van der Waals surface area contributed by atoms with E-state index in [1.54, 1.807) is 24.3 Å². The average Bonchev–Trinajstić information content (AvgIpc) is 2.56. The second-order valence-electron chi connectivity index (χ2n) is 5.20. The van der Waals surface area contributed by atoms with E-state index in [9.17, 15) is 10.2 Å². The van der Waals surface area contributed by atoms with Gasteiger partial charge >= 0.3 is 0 Å². The lowest BCUT2D eigenvalue weighted by Crippen LogP contribution is -1.88. The zero-order valence-electron chi connectivity index (χ0n) is 12.3. The fraction of sp³-hybridized carbons (Fsp3) is 0. The van der Waals surface area contributed by atoms with Crippen LogP contribution in [-0.4, -0.2) is 10.2 Å². The highest BCUT2D eigenvalue weighted by Gasteiger charge is 2.06. The highest BCUT2D eigenvalue weighted by Crippen LogP contribution is 2.28. The molecule has 23 heavy (non-hydrogen) atoms. The van der Waals surface area contributed by atoms with Crippen molar-refractivity contribution in [2.75, 3.05) is 0 Å². The summed E-state index contributed by atoms with van der Waals surface area (Å²) in [4.78, 5) is 0. The third-order valence-electron chi connectivity index (χ3n) is 3.54. The average molecular weight is 367 g/mol. The molecule has 0 unspecified atom stereocenters. The third kappa shape index (κ3) is 3.82. The predicted octanol–water partition coefficient (Wildman–Crippen LogP) is 5.45. The third-order valence-corrected chi connectivity index (χ3v) is 4.07. The molecule has 0 aliphatic carbocycles. The van der Waals surface area contributed by atoms with E-state index >= 15 is 0 Å². The number of hydrogen-bond acceptors (Lipinski definition) is 2. The highest BCUT2D eigenvalue weighted by atomic mass is 79.9. The summed E-state index contributed by atoms with van der Waals surface area (Å²) in [6.45, 7) is 0.